The van der Waals surface area contributed by atoms with Crippen LogP contribution in [0.3, 0.4) is 0 Å². The standard InChI is InChI=1S/C18H24N4O/c1-17(23)10-12-22(13-11-17)16-20-19-15(21(16)2)18(8-9-18)14-6-4-3-5-7-14/h3-7,23H,8-13H2,1-2H3. The molecule has 23 heavy (non-hydrogen) atoms. The van der Waals surface area contributed by atoms with Crippen molar-refractivity contribution < 1.29 is 5.11 Å². The second-order valence-corrected chi connectivity index (χ2v) is 7.31. The van der Waals surface area contributed by atoms with Gasteiger partial charge in [0.05, 0.1) is 11.0 Å². The fourth-order valence-corrected chi connectivity index (χ4v) is 3.73. The van der Waals surface area contributed by atoms with Crippen LogP contribution >= 0.6 is 0 Å². The van der Waals surface area contributed by atoms with E-state index in [0.717, 1.165) is 50.5 Å². The Morgan fingerprint density at radius 2 is 1.65 bits per heavy atom. The number of aliphatic hydroxyl groups is 1. The molecule has 2 fully saturated rings. The van der Waals surface area contributed by atoms with E-state index in [9.17, 15) is 5.11 Å². The van der Waals surface area contributed by atoms with Crippen molar-refractivity contribution in [2.75, 3.05) is 18.0 Å². The highest BCUT2D eigenvalue weighted by Gasteiger charge is 2.50. The average Bonchev–Trinajstić information content (AvgIpc) is 3.26. The Bertz CT molecular complexity index is 693. The quantitative estimate of drug-likeness (QED) is 0.944. The van der Waals surface area contributed by atoms with Gasteiger partial charge in [0.25, 0.3) is 0 Å². The summed E-state index contributed by atoms with van der Waals surface area (Å²) in [6.45, 7) is 3.58. The van der Waals surface area contributed by atoms with Gasteiger partial charge in [0, 0.05) is 20.1 Å². The summed E-state index contributed by atoms with van der Waals surface area (Å²) in [5.41, 5.74) is 0.839. The van der Waals surface area contributed by atoms with Gasteiger partial charge in [0.15, 0.2) is 0 Å². The van der Waals surface area contributed by atoms with Crippen LogP contribution in [0, 0.1) is 0 Å². The molecule has 4 rings (SSSR count). The normalized spacial score (nSPS) is 22.1. The molecule has 0 bridgehead atoms. The van der Waals surface area contributed by atoms with Crippen LogP contribution < -0.4 is 4.90 Å². The molecule has 2 aromatic rings. The lowest BCUT2D eigenvalue weighted by Crippen LogP contribution is -2.43. The molecular formula is C18H24N4O. The summed E-state index contributed by atoms with van der Waals surface area (Å²) >= 11 is 0. The molecule has 1 aromatic heterocycles. The van der Waals surface area contributed by atoms with Crippen LogP contribution in [0.4, 0.5) is 5.95 Å². The van der Waals surface area contributed by atoms with Crippen molar-refractivity contribution in [1.29, 1.82) is 0 Å². The molecule has 5 heteroatoms. The van der Waals surface area contributed by atoms with Crippen molar-refractivity contribution in [3.63, 3.8) is 0 Å². The Labute approximate surface area is 137 Å². The summed E-state index contributed by atoms with van der Waals surface area (Å²) in [5.74, 6) is 1.99. The highest BCUT2D eigenvalue weighted by atomic mass is 16.3. The minimum absolute atomic E-state index is 0.0442. The highest BCUT2D eigenvalue weighted by Crippen LogP contribution is 2.52. The first kappa shape index (κ1) is 14.7. The summed E-state index contributed by atoms with van der Waals surface area (Å²) in [6.07, 6.45) is 3.83. The summed E-state index contributed by atoms with van der Waals surface area (Å²) in [6, 6.07) is 10.6. The maximum Gasteiger partial charge on any atom is 0.226 e. The van der Waals surface area contributed by atoms with Crippen LogP contribution in [0.1, 0.15) is 44.0 Å². The van der Waals surface area contributed by atoms with Crippen molar-refractivity contribution in [3.05, 3.63) is 41.7 Å². The van der Waals surface area contributed by atoms with Crippen molar-refractivity contribution in [2.45, 2.75) is 43.6 Å². The van der Waals surface area contributed by atoms with E-state index in [1.54, 1.807) is 0 Å². The first-order valence-electron chi connectivity index (χ1n) is 8.45. The van der Waals surface area contributed by atoms with Gasteiger partial charge in [-0.2, -0.15) is 0 Å². The fourth-order valence-electron chi connectivity index (χ4n) is 3.73. The van der Waals surface area contributed by atoms with E-state index in [-0.39, 0.29) is 5.41 Å². The molecule has 1 saturated carbocycles. The summed E-state index contributed by atoms with van der Waals surface area (Å²) in [4.78, 5) is 2.25. The molecule has 0 amide bonds. The smallest absolute Gasteiger partial charge is 0.226 e. The van der Waals surface area contributed by atoms with Crippen LogP contribution in [-0.2, 0) is 12.5 Å². The molecule has 122 valence electrons. The van der Waals surface area contributed by atoms with Crippen LogP contribution in [-0.4, -0.2) is 38.6 Å². The van der Waals surface area contributed by atoms with Gasteiger partial charge in [-0.3, -0.25) is 4.57 Å². The lowest BCUT2D eigenvalue weighted by atomic mass is 9.94. The van der Waals surface area contributed by atoms with E-state index < -0.39 is 5.60 Å². The highest BCUT2D eigenvalue weighted by molar-refractivity contribution is 5.43. The van der Waals surface area contributed by atoms with Gasteiger partial charge in [-0.25, -0.2) is 0 Å². The molecule has 0 unspecified atom stereocenters. The lowest BCUT2D eigenvalue weighted by Gasteiger charge is -2.36. The number of hydrogen-bond acceptors (Lipinski definition) is 4. The van der Waals surface area contributed by atoms with Crippen molar-refractivity contribution in [2.24, 2.45) is 7.05 Å². The van der Waals surface area contributed by atoms with Crippen molar-refractivity contribution >= 4 is 5.95 Å². The third kappa shape index (κ3) is 2.43. The lowest BCUT2D eigenvalue weighted by molar-refractivity contribution is 0.0348. The maximum atomic E-state index is 10.1. The van der Waals surface area contributed by atoms with Gasteiger partial charge >= 0.3 is 0 Å². The van der Waals surface area contributed by atoms with E-state index in [1.165, 1.54) is 5.56 Å². The molecule has 5 nitrogen and oxygen atoms in total. The number of anilines is 1. The Hall–Kier alpha value is -1.88. The van der Waals surface area contributed by atoms with Crippen LogP contribution in [0.15, 0.2) is 30.3 Å². The number of rotatable bonds is 3. The molecule has 2 heterocycles. The maximum absolute atomic E-state index is 10.1. The van der Waals surface area contributed by atoms with Gasteiger partial charge in [-0.1, -0.05) is 30.3 Å². The first-order valence-corrected chi connectivity index (χ1v) is 8.45. The average molecular weight is 312 g/mol. The second-order valence-electron chi connectivity index (χ2n) is 7.31. The van der Waals surface area contributed by atoms with Gasteiger partial charge in [-0.15, -0.1) is 10.2 Å². The van der Waals surface area contributed by atoms with Crippen LogP contribution in [0.2, 0.25) is 0 Å². The third-order valence-corrected chi connectivity index (χ3v) is 5.48. The van der Waals surface area contributed by atoms with Crippen LogP contribution in [0.25, 0.3) is 0 Å². The zero-order chi connectivity index (χ0) is 16.1. The molecule has 0 radical (unpaired) electrons. The fraction of sp³-hybridized carbons (Fsp3) is 0.556. The minimum Gasteiger partial charge on any atom is -0.390 e. The van der Waals surface area contributed by atoms with Gasteiger partial charge in [-0.05, 0) is 38.2 Å². The number of hydrogen-bond donors (Lipinski definition) is 1. The molecule has 1 aliphatic heterocycles. The molecule has 1 saturated heterocycles. The van der Waals surface area contributed by atoms with Gasteiger partial charge in [0.1, 0.15) is 5.82 Å². The summed E-state index contributed by atoms with van der Waals surface area (Å²) in [5, 5.41) is 19.2. The molecule has 1 aliphatic carbocycles. The third-order valence-electron chi connectivity index (χ3n) is 5.48. The zero-order valence-electron chi connectivity index (χ0n) is 13.9. The molecule has 1 N–H and O–H groups in total. The van der Waals surface area contributed by atoms with E-state index >= 15 is 0 Å². The number of nitrogens with zero attached hydrogens (tertiary/aromatic N) is 4. The largest absolute Gasteiger partial charge is 0.390 e. The predicted molar refractivity (Wildman–Crippen MR) is 89.5 cm³/mol. The van der Waals surface area contributed by atoms with Crippen molar-refractivity contribution in [3.8, 4) is 0 Å². The molecular weight excluding hydrogens is 288 g/mol. The molecule has 0 atom stereocenters. The summed E-state index contributed by atoms with van der Waals surface area (Å²) in [7, 11) is 2.07. The topological polar surface area (TPSA) is 54.2 Å². The zero-order valence-corrected chi connectivity index (χ0v) is 13.9. The number of piperidine rings is 1. The SMILES string of the molecule is Cn1c(N2CCC(C)(O)CC2)nnc1C1(c2ccccc2)CC1. The Morgan fingerprint density at radius 3 is 2.26 bits per heavy atom. The number of aromatic nitrogens is 3. The van der Waals surface area contributed by atoms with Gasteiger partial charge < -0.3 is 10.0 Å². The summed E-state index contributed by atoms with van der Waals surface area (Å²) < 4.78 is 2.15. The Balaban J connectivity index is 1.62. The van der Waals surface area contributed by atoms with Crippen LogP contribution in [0.5, 0.6) is 0 Å². The monoisotopic (exact) mass is 312 g/mol. The number of benzene rings is 1. The molecule has 1 aromatic carbocycles. The molecule has 2 aliphatic rings. The minimum atomic E-state index is -0.542. The first-order chi connectivity index (χ1) is 11.0. The molecule has 0 spiro atoms. The van der Waals surface area contributed by atoms with E-state index in [4.69, 9.17) is 0 Å². The van der Waals surface area contributed by atoms with E-state index in [1.807, 2.05) is 6.92 Å². The van der Waals surface area contributed by atoms with Gasteiger partial charge in [0.2, 0.25) is 5.95 Å². The Kier molecular flexibility index (Phi) is 3.23. The van der Waals surface area contributed by atoms with E-state index in [2.05, 4.69) is 57.0 Å². The Morgan fingerprint density at radius 1 is 1.00 bits per heavy atom. The van der Waals surface area contributed by atoms with E-state index in [0.29, 0.717) is 0 Å². The second kappa shape index (κ2) is 5.06. The van der Waals surface area contributed by atoms with Crippen molar-refractivity contribution in [1.82, 2.24) is 14.8 Å². The predicted octanol–water partition coefficient (Wildman–Crippen LogP) is 2.25.